The summed E-state index contributed by atoms with van der Waals surface area (Å²) in [5.74, 6) is -2.31. The van der Waals surface area contributed by atoms with Gasteiger partial charge in [-0.15, -0.1) is 13.2 Å². The zero-order chi connectivity index (χ0) is 30.6. The van der Waals surface area contributed by atoms with Crippen LogP contribution in [0.4, 0.5) is 0 Å². The van der Waals surface area contributed by atoms with Crippen LogP contribution in [0.2, 0.25) is 0 Å². The number of hydrogen-bond acceptors (Lipinski definition) is 5. The first-order valence-corrected chi connectivity index (χ1v) is 16.2. The maximum Gasteiger partial charge on any atom is 0.248 e. The molecular weight excluding hydrogens is 598 g/mol. The van der Waals surface area contributed by atoms with E-state index in [0.717, 1.165) is 24.8 Å². The van der Waals surface area contributed by atoms with Crippen molar-refractivity contribution < 1.29 is 24.2 Å². The third kappa shape index (κ3) is 5.72. The Labute approximate surface area is 258 Å². The molecule has 9 heteroatoms. The smallest absolute Gasteiger partial charge is 0.248 e. The minimum Gasteiger partial charge on any atom is -0.394 e. The van der Waals surface area contributed by atoms with E-state index in [0.29, 0.717) is 32.6 Å². The molecule has 230 valence electrons. The molecule has 0 aliphatic carbocycles. The normalized spacial score (nSPS) is 29.2. The van der Waals surface area contributed by atoms with Gasteiger partial charge in [0.2, 0.25) is 17.7 Å². The molecule has 1 aromatic rings. The van der Waals surface area contributed by atoms with Gasteiger partial charge in [0.05, 0.1) is 30.6 Å². The fourth-order valence-electron chi connectivity index (χ4n) is 7.17. The highest BCUT2D eigenvalue weighted by molar-refractivity contribution is 9.09. The predicted octanol–water partition coefficient (Wildman–Crippen LogP) is 4.17. The maximum atomic E-state index is 14.6. The fraction of sp³-hybridized carbons (Fsp3) is 0.606. The first kappa shape index (κ1) is 32.4. The highest BCUT2D eigenvalue weighted by atomic mass is 79.9. The molecule has 0 saturated carbocycles. The van der Waals surface area contributed by atoms with Crippen LogP contribution in [-0.2, 0) is 25.7 Å². The Morgan fingerprint density at radius 3 is 2.43 bits per heavy atom. The third-order valence-corrected chi connectivity index (χ3v) is 10.3. The minimum atomic E-state index is -1.17. The van der Waals surface area contributed by atoms with Crippen LogP contribution >= 0.6 is 15.9 Å². The fourth-order valence-corrected chi connectivity index (χ4v) is 8.12. The Balaban J connectivity index is 1.79. The summed E-state index contributed by atoms with van der Waals surface area (Å²) < 4.78 is 6.75. The molecule has 1 N–H and O–H groups in total. The van der Waals surface area contributed by atoms with E-state index in [2.05, 4.69) is 36.0 Å². The number of halogens is 1. The van der Waals surface area contributed by atoms with E-state index < -0.39 is 35.6 Å². The van der Waals surface area contributed by atoms with Gasteiger partial charge in [-0.25, -0.2) is 0 Å². The number of ether oxygens (including phenoxy) is 1. The van der Waals surface area contributed by atoms with E-state index in [4.69, 9.17) is 4.74 Å². The van der Waals surface area contributed by atoms with Crippen LogP contribution in [-0.4, -0.2) is 92.4 Å². The number of alkyl halides is 1. The summed E-state index contributed by atoms with van der Waals surface area (Å²) in [6.45, 7) is 15.1. The average Bonchev–Trinajstić information content (AvgIpc) is 3.58. The van der Waals surface area contributed by atoms with Crippen LogP contribution in [0.1, 0.15) is 52.0 Å². The third-order valence-electron chi connectivity index (χ3n) is 9.41. The number of amides is 3. The zero-order valence-electron chi connectivity index (χ0n) is 25.2. The van der Waals surface area contributed by atoms with Crippen molar-refractivity contribution in [2.45, 2.75) is 81.6 Å². The number of aliphatic hydroxyl groups excluding tert-OH is 1. The van der Waals surface area contributed by atoms with Crippen molar-refractivity contribution in [1.82, 2.24) is 14.7 Å². The second kappa shape index (κ2) is 13.9. The summed E-state index contributed by atoms with van der Waals surface area (Å²) >= 11 is 3.78. The zero-order valence-corrected chi connectivity index (χ0v) is 26.7. The molecule has 8 atom stereocenters. The molecule has 3 saturated heterocycles. The van der Waals surface area contributed by atoms with E-state index >= 15 is 0 Å². The van der Waals surface area contributed by atoms with Crippen molar-refractivity contribution in [2.75, 3.05) is 26.2 Å². The largest absolute Gasteiger partial charge is 0.394 e. The molecule has 4 rings (SSSR count). The van der Waals surface area contributed by atoms with Crippen LogP contribution in [0.5, 0.6) is 0 Å². The van der Waals surface area contributed by atoms with Gasteiger partial charge in [-0.1, -0.05) is 92.0 Å². The molecule has 3 aliphatic rings. The van der Waals surface area contributed by atoms with Crippen LogP contribution in [0.3, 0.4) is 0 Å². The number of carbonyl (C=O) groups excluding carboxylic acids is 3. The first-order chi connectivity index (χ1) is 20.2. The van der Waals surface area contributed by atoms with Crippen LogP contribution in [0.25, 0.3) is 0 Å². The van der Waals surface area contributed by atoms with E-state index in [1.54, 1.807) is 26.9 Å². The van der Waals surface area contributed by atoms with Gasteiger partial charge in [0.25, 0.3) is 0 Å². The monoisotopic (exact) mass is 643 g/mol. The number of aliphatic hydroxyl groups is 1. The van der Waals surface area contributed by atoms with Crippen LogP contribution in [0.15, 0.2) is 55.6 Å². The van der Waals surface area contributed by atoms with E-state index in [1.165, 1.54) is 0 Å². The van der Waals surface area contributed by atoms with E-state index in [1.807, 2.05) is 44.2 Å². The number of benzene rings is 1. The molecule has 8 nitrogen and oxygen atoms in total. The minimum absolute atomic E-state index is 0.0607. The van der Waals surface area contributed by atoms with E-state index in [9.17, 15) is 19.5 Å². The number of carbonyl (C=O) groups is 3. The summed E-state index contributed by atoms with van der Waals surface area (Å²) in [4.78, 5) is 48.4. The summed E-state index contributed by atoms with van der Waals surface area (Å²) in [6.07, 6.45) is 5.71. The maximum absolute atomic E-state index is 14.6. The molecule has 3 fully saturated rings. The quantitative estimate of drug-likeness (QED) is 0.229. The highest BCUT2D eigenvalue weighted by Gasteiger charge is 2.77. The van der Waals surface area contributed by atoms with Crippen LogP contribution < -0.4 is 0 Å². The number of fused-ring (bicyclic) bond motifs is 1. The second-order valence-corrected chi connectivity index (χ2v) is 13.1. The van der Waals surface area contributed by atoms with Crippen molar-refractivity contribution in [1.29, 1.82) is 0 Å². The number of hydrogen-bond donors (Lipinski definition) is 1. The lowest BCUT2D eigenvalue weighted by molar-refractivity contribution is -0.153. The van der Waals surface area contributed by atoms with Crippen molar-refractivity contribution in [2.24, 2.45) is 17.8 Å². The molecule has 2 bridgehead atoms. The lowest BCUT2D eigenvalue weighted by Crippen LogP contribution is -2.60. The van der Waals surface area contributed by atoms with Gasteiger partial charge in [0.15, 0.2) is 0 Å². The number of rotatable bonds is 15. The van der Waals surface area contributed by atoms with Gasteiger partial charge in [-0.05, 0) is 24.3 Å². The molecule has 0 radical (unpaired) electrons. The molecule has 0 aromatic heterocycles. The first-order valence-electron chi connectivity index (χ1n) is 15.3. The Bertz CT molecular complexity index is 1150. The van der Waals surface area contributed by atoms with E-state index in [-0.39, 0.29) is 35.1 Å². The molecule has 3 aliphatic heterocycles. The van der Waals surface area contributed by atoms with Crippen LogP contribution in [0, 0.1) is 17.8 Å². The molecular formula is C33H46BrN3O5. The Kier molecular flexibility index (Phi) is 10.7. The summed E-state index contributed by atoms with van der Waals surface area (Å²) in [7, 11) is 0. The van der Waals surface area contributed by atoms with Gasteiger partial charge in [-0.3, -0.25) is 14.4 Å². The Hall–Kier alpha value is -2.49. The summed E-state index contributed by atoms with van der Waals surface area (Å²) in [5, 5.41) is 10.6. The topological polar surface area (TPSA) is 90.4 Å². The SMILES string of the molecule is C=CCN(CCCC)C(=O)C1N([C@@H](CO)[C@@H](C)CC)C(=O)[C@@H]2[C@@H](C(=O)N(CC=C)Cc3ccccc3)[C@@H]3OC12CC3Br. The molecule has 1 spiro atoms. The Morgan fingerprint density at radius 2 is 1.83 bits per heavy atom. The Morgan fingerprint density at radius 1 is 1.17 bits per heavy atom. The lowest BCUT2D eigenvalue weighted by atomic mass is 9.70. The van der Waals surface area contributed by atoms with Gasteiger partial charge in [0, 0.05) is 31.0 Å². The molecule has 3 heterocycles. The molecule has 1 aromatic carbocycles. The number of unbranched alkanes of at least 4 members (excludes halogenated alkanes) is 1. The van der Waals surface area contributed by atoms with Gasteiger partial charge < -0.3 is 24.5 Å². The summed E-state index contributed by atoms with van der Waals surface area (Å²) in [5.41, 5.74) is -0.200. The predicted molar refractivity (Wildman–Crippen MR) is 167 cm³/mol. The highest BCUT2D eigenvalue weighted by Crippen LogP contribution is 2.61. The van der Waals surface area contributed by atoms with Gasteiger partial charge >= 0.3 is 0 Å². The standard InChI is InChI=1S/C33H46BrN3O5/c1-6-10-18-35(16-7-2)32(41)29-33-19-24(34)28(42-33)26(27(33)31(40)37(29)25(21-38)22(5)9-4)30(39)36(17-8-3)20-23-14-12-11-13-15-23/h7-8,11-15,22,24-29,38H,2-3,6,9-10,16-21H2,1,4-5H3/t22-,24?,25-,26+,27-,28+,29?,33?/m0/s1. The number of likely N-dealkylation sites (tertiary alicyclic amines) is 1. The van der Waals surface area contributed by atoms with Crippen molar-refractivity contribution in [3.8, 4) is 0 Å². The second-order valence-electron chi connectivity index (χ2n) is 12.0. The number of nitrogens with zero attached hydrogens (tertiary/aromatic N) is 3. The van der Waals surface area contributed by atoms with Crippen molar-refractivity contribution in [3.05, 3.63) is 61.2 Å². The lowest BCUT2D eigenvalue weighted by Gasteiger charge is -2.41. The van der Waals surface area contributed by atoms with Crippen molar-refractivity contribution >= 4 is 33.7 Å². The molecule has 42 heavy (non-hydrogen) atoms. The molecule has 3 amide bonds. The van der Waals surface area contributed by atoms with Gasteiger partial charge in [-0.2, -0.15) is 0 Å². The molecule has 3 unspecified atom stereocenters. The van der Waals surface area contributed by atoms with Gasteiger partial charge in [0.1, 0.15) is 11.6 Å². The van der Waals surface area contributed by atoms with Crippen molar-refractivity contribution in [3.63, 3.8) is 0 Å². The summed E-state index contributed by atoms with van der Waals surface area (Å²) in [6, 6.07) is 8.21. The average molecular weight is 645 g/mol.